The Bertz CT molecular complexity index is 373. The predicted molar refractivity (Wildman–Crippen MR) is 82.5 cm³/mol. The molecular weight excluding hydrogens is 232 g/mol. The first-order valence-electron chi connectivity index (χ1n) is 7.76. The summed E-state index contributed by atoms with van der Waals surface area (Å²) < 4.78 is 0. The molecule has 0 aliphatic carbocycles. The molecule has 1 aromatic rings. The van der Waals surface area contributed by atoms with E-state index < -0.39 is 0 Å². The number of nitrogens with one attached hydrogen (secondary N) is 1. The molecule has 0 saturated heterocycles. The van der Waals surface area contributed by atoms with Gasteiger partial charge in [-0.15, -0.1) is 0 Å². The molecule has 2 rings (SSSR count). The summed E-state index contributed by atoms with van der Waals surface area (Å²) in [7, 11) is 0. The molecule has 0 saturated carbocycles. The minimum absolute atomic E-state index is 0.392. The van der Waals surface area contributed by atoms with Gasteiger partial charge < -0.3 is 5.43 Å². The fourth-order valence-corrected chi connectivity index (χ4v) is 2.59. The van der Waals surface area contributed by atoms with E-state index in [-0.39, 0.29) is 0 Å². The van der Waals surface area contributed by atoms with Gasteiger partial charge in [0.05, 0.1) is 6.04 Å². The Kier molecular flexibility index (Phi) is 5.93. The second-order valence-electron chi connectivity index (χ2n) is 5.49. The van der Waals surface area contributed by atoms with E-state index in [1.807, 2.05) is 6.21 Å². The quantitative estimate of drug-likeness (QED) is 0.677. The van der Waals surface area contributed by atoms with Gasteiger partial charge in [-0.1, -0.05) is 63.3 Å². The van der Waals surface area contributed by atoms with E-state index in [0.29, 0.717) is 6.04 Å². The normalized spacial score (nSPS) is 17.6. The van der Waals surface area contributed by atoms with Crippen molar-refractivity contribution >= 4 is 6.21 Å². The van der Waals surface area contributed by atoms with Crippen LogP contribution < -0.4 is 5.43 Å². The van der Waals surface area contributed by atoms with Crippen LogP contribution in [0.2, 0.25) is 0 Å². The Morgan fingerprint density at radius 2 is 1.79 bits per heavy atom. The smallest absolute Gasteiger partial charge is 0.0739 e. The number of hydrazone groups is 1. The van der Waals surface area contributed by atoms with Gasteiger partial charge >= 0.3 is 0 Å². The number of hydrogen-bond donors (Lipinski definition) is 1. The summed E-state index contributed by atoms with van der Waals surface area (Å²) in [5, 5.41) is 4.07. The molecule has 1 unspecified atom stereocenters. The summed E-state index contributed by atoms with van der Waals surface area (Å²) in [6.07, 6.45) is 12.4. The largest absolute Gasteiger partial charge is 0.303 e. The lowest BCUT2D eigenvalue weighted by Gasteiger charge is -2.10. The molecule has 1 aromatic carbocycles. The second kappa shape index (κ2) is 7.98. The van der Waals surface area contributed by atoms with Gasteiger partial charge in [0.1, 0.15) is 0 Å². The Hall–Kier alpha value is -1.31. The van der Waals surface area contributed by atoms with Crippen molar-refractivity contribution in [1.29, 1.82) is 0 Å². The van der Waals surface area contributed by atoms with Crippen LogP contribution in [-0.2, 0) is 6.42 Å². The van der Waals surface area contributed by atoms with Crippen molar-refractivity contribution in [2.45, 2.75) is 64.3 Å². The number of hydrogen-bond acceptors (Lipinski definition) is 2. The number of aryl methyl sites for hydroxylation is 1. The van der Waals surface area contributed by atoms with Crippen LogP contribution in [0.3, 0.4) is 0 Å². The standard InChI is InChI=1S/C17H26N2/c1-2-3-4-5-6-7-8-15-9-11-16(12-10-15)17-13-14-18-19-17/h9-12,14,17,19H,2-8,13H2,1H3. The van der Waals surface area contributed by atoms with Crippen molar-refractivity contribution in [2.75, 3.05) is 0 Å². The van der Waals surface area contributed by atoms with Crippen LogP contribution in [0.15, 0.2) is 29.4 Å². The summed E-state index contributed by atoms with van der Waals surface area (Å²) in [6, 6.07) is 9.45. The molecule has 104 valence electrons. The zero-order valence-electron chi connectivity index (χ0n) is 12.1. The number of rotatable bonds is 8. The van der Waals surface area contributed by atoms with E-state index >= 15 is 0 Å². The van der Waals surface area contributed by atoms with Gasteiger partial charge in [0, 0.05) is 12.6 Å². The molecular formula is C17H26N2. The van der Waals surface area contributed by atoms with Crippen LogP contribution in [0.4, 0.5) is 0 Å². The van der Waals surface area contributed by atoms with E-state index in [4.69, 9.17) is 0 Å². The maximum Gasteiger partial charge on any atom is 0.0739 e. The molecule has 19 heavy (non-hydrogen) atoms. The number of unbranched alkanes of at least 4 members (excludes halogenated alkanes) is 5. The van der Waals surface area contributed by atoms with Crippen molar-refractivity contribution in [3.63, 3.8) is 0 Å². The highest BCUT2D eigenvalue weighted by Gasteiger charge is 2.12. The molecule has 0 radical (unpaired) electrons. The zero-order valence-corrected chi connectivity index (χ0v) is 12.1. The zero-order chi connectivity index (χ0) is 13.3. The molecule has 0 bridgehead atoms. The van der Waals surface area contributed by atoms with Gasteiger partial charge in [0.2, 0.25) is 0 Å². The summed E-state index contributed by atoms with van der Waals surface area (Å²) in [6.45, 7) is 2.27. The summed E-state index contributed by atoms with van der Waals surface area (Å²) in [5.41, 5.74) is 5.96. The lowest BCUT2D eigenvalue weighted by atomic mass is 10.0. The SMILES string of the molecule is CCCCCCCCc1ccc(C2CC=NN2)cc1. The van der Waals surface area contributed by atoms with Crippen molar-refractivity contribution < 1.29 is 0 Å². The van der Waals surface area contributed by atoms with Crippen molar-refractivity contribution in [3.05, 3.63) is 35.4 Å². The first-order chi connectivity index (χ1) is 9.40. The fourth-order valence-electron chi connectivity index (χ4n) is 2.59. The van der Waals surface area contributed by atoms with Crippen molar-refractivity contribution in [3.8, 4) is 0 Å². The molecule has 1 heterocycles. The van der Waals surface area contributed by atoms with E-state index in [9.17, 15) is 0 Å². The third-order valence-corrected chi connectivity index (χ3v) is 3.86. The molecule has 1 atom stereocenters. The highest BCUT2D eigenvalue weighted by atomic mass is 15.3. The molecule has 1 aliphatic rings. The predicted octanol–water partition coefficient (Wildman–Crippen LogP) is 4.61. The highest BCUT2D eigenvalue weighted by molar-refractivity contribution is 5.60. The van der Waals surface area contributed by atoms with E-state index in [2.05, 4.69) is 41.7 Å². The second-order valence-corrected chi connectivity index (χ2v) is 5.49. The van der Waals surface area contributed by atoms with Gasteiger partial charge in [-0.2, -0.15) is 5.10 Å². The Balaban J connectivity index is 1.67. The van der Waals surface area contributed by atoms with Crippen molar-refractivity contribution in [1.82, 2.24) is 5.43 Å². The maximum atomic E-state index is 4.07. The van der Waals surface area contributed by atoms with E-state index in [1.54, 1.807) is 0 Å². The first-order valence-corrected chi connectivity index (χ1v) is 7.76. The van der Waals surface area contributed by atoms with Gasteiger partial charge in [-0.25, -0.2) is 0 Å². The van der Waals surface area contributed by atoms with Gasteiger partial charge in [-0.05, 0) is 24.0 Å². The summed E-state index contributed by atoms with van der Waals surface area (Å²) >= 11 is 0. The lowest BCUT2D eigenvalue weighted by Crippen LogP contribution is -2.09. The lowest BCUT2D eigenvalue weighted by molar-refractivity contribution is 0.606. The Labute approximate surface area is 117 Å². The number of benzene rings is 1. The van der Waals surface area contributed by atoms with Crippen LogP contribution in [-0.4, -0.2) is 6.21 Å². The first kappa shape index (κ1) is 14.1. The molecule has 0 fully saturated rings. The average Bonchev–Trinajstić information content (AvgIpc) is 2.97. The topological polar surface area (TPSA) is 24.4 Å². The average molecular weight is 258 g/mol. The molecule has 2 heteroatoms. The number of nitrogens with zero attached hydrogens (tertiary/aromatic N) is 1. The van der Waals surface area contributed by atoms with Gasteiger partial charge in [0.25, 0.3) is 0 Å². The van der Waals surface area contributed by atoms with Crippen LogP contribution in [0.5, 0.6) is 0 Å². The monoisotopic (exact) mass is 258 g/mol. The summed E-state index contributed by atoms with van der Waals surface area (Å²) in [4.78, 5) is 0. The molecule has 0 amide bonds. The maximum absolute atomic E-state index is 4.07. The van der Waals surface area contributed by atoms with Crippen LogP contribution in [0.25, 0.3) is 0 Å². The van der Waals surface area contributed by atoms with Crippen molar-refractivity contribution in [2.24, 2.45) is 5.10 Å². The van der Waals surface area contributed by atoms with E-state index in [1.165, 1.54) is 56.1 Å². The third-order valence-electron chi connectivity index (χ3n) is 3.86. The Morgan fingerprint density at radius 1 is 1.05 bits per heavy atom. The molecule has 1 aliphatic heterocycles. The molecule has 1 N–H and O–H groups in total. The highest BCUT2D eigenvalue weighted by Crippen LogP contribution is 2.20. The fraction of sp³-hybridized carbons (Fsp3) is 0.588. The minimum Gasteiger partial charge on any atom is -0.303 e. The van der Waals surface area contributed by atoms with Crippen LogP contribution in [0, 0.1) is 0 Å². The van der Waals surface area contributed by atoms with E-state index in [0.717, 1.165) is 6.42 Å². The van der Waals surface area contributed by atoms with Crippen LogP contribution in [0.1, 0.15) is 69.0 Å². The van der Waals surface area contributed by atoms with Gasteiger partial charge in [-0.3, -0.25) is 0 Å². The molecule has 0 spiro atoms. The molecule has 2 nitrogen and oxygen atoms in total. The minimum atomic E-state index is 0.392. The summed E-state index contributed by atoms with van der Waals surface area (Å²) in [5.74, 6) is 0. The Morgan fingerprint density at radius 3 is 2.47 bits per heavy atom. The van der Waals surface area contributed by atoms with Gasteiger partial charge in [0.15, 0.2) is 0 Å². The third kappa shape index (κ3) is 4.70. The molecule has 0 aromatic heterocycles. The van der Waals surface area contributed by atoms with Crippen LogP contribution >= 0.6 is 0 Å².